The molecule has 0 spiro atoms. The fourth-order valence-electron chi connectivity index (χ4n) is 4.40. The van der Waals surface area contributed by atoms with Gasteiger partial charge in [0.2, 0.25) is 15.9 Å². The van der Waals surface area contributed by atoms with Gasteiger partial charge < -0.3 is 9.64 Å². The number of nitrogens with one attached hydrogen (secondary N) is 1. The minimum absolute atomic E-state index is 0.0730. The average Bonchev–Trinajstić information content (AvgIpc) is 3.44. The number of nitrogens with zero attached hydrogens (tertiary/aromatic N) is 4. The van der Waals surface area contributed by atoms with E-state index < -0.39 is 26.8 Å². The molecule has 200 valence electrons. The molecule has 1 fully saturated rings. The molecular formula is C26H28FN5O5S. The zero-order valence-corrected chi connectivity index (χ0v) is 21.9. The average molecular weight is 542 g/mol. The molecule has 0 bridgehead atoms. The summed E-state index contributed by atoms with van der Waals surface area (Å²) in [6.45, 7) is 2.27. The van der Waals surface area contributed by atoms with Crippen LogP contribution in [-0.4, -0.2) is 47.6 Å². The molecule has 10 nitrogen and oxygen atoms in total. The van der Waals surface area contributed by atoms with Crippen LogP contribution in [0.5, 0.6) is 11.5 Å². The number of carbonyl (C=O) groups is 1. The molecule has 0 unspecified atom stereocenters. The second kappa shape index (κ2) is 11.2. The highest BCUT2D eigenvalue weighted by molar-refractivity contribution is 7.93. The van der Waals surface area contributed by atoms with Crippen LogP contribution in [0.1, 0.15) is 44.6 Å². The minimum Gasteiger partial charge on any atom is -0.453 e. The Morgan fingerprint density at radius 1 is 1.29 bits per heavy atom. The van der Waals surface area contributed by atoms with Crippen molar-refractivity contribution in [3.8, 4) is 17.6 Å². The Bertz CT molecular complexity index is 1580. The molecule has 3 aromatic rings. The van der Waals surface area contributed by atoms with Gasteiger partial charge in [0.05, 0.1) is 28.2 Å². The van der Waals surface area contributed by atoms with Gasteiger partial charge in [0.15, 0.2) is 11.6 Å². The normalized spacial score (nSPS) is 13.8. The Kier molecular flexibility index (Phi) is 7.97. The van der Waals surface area contributed by atoms with Gasteiger partial charge >= 0.3 is 0 Å². The van der Waals surface area contributed by atoms with E-state index in [1.165, 1.54) is 42.1 Å². The Hall–Kier alpha value is -3.98. The first-order valence-electron chi connectivity index (χ1n) is 12.2. The number of sulfonamides is 1. The maximum atomic E-state index is 14.8. The number of aryl methyl sites for hydroxylation is 1. The van der Waals surface area contributed by atoms with Crippen molar-refractivity contribution >= 4 is 32.5 Å². The van der Waals surface area contributed by atoms with Crippen molar-refractivity contribution in [3.63, 3.8) is 0 Å². The van der Waals surface area contributed by atoms with Gasteiger partial charge in [-0.15, -0.1) is 0 Å². The molecular weight excluding hydrogens is 513 g/mol. The first kappa shape index (κ1) is 27.1. The summed E-state index contributed by atoms with van der Waals surface area (Å²) in [5, 5.41) is 9.41. The van der Waals surface area contributed by atoms with Crippen molar-refractivity contribution in [1.29, 1.82) is 5.26 Å². The summed E-state index contributed by atoms with van der Waals surface area (Å²) in [5.41, 5.74) is -0.315. The number of hydrogen-bond acceptors (Lipinski definition) is 7. The Labute approximate surface area is 219 Å². The predicted octanol–water partition coefficient (Wildman–Crippen LogP) is 3.75. The molecule has 2 aromatic carbocycles. The van der Waals surface area contributed by atoms with Crippen molar-refractivity contribution in [1.82, 2.24) is 14.5 Å². The monoisotopic (exact) mass is 541 g/mol. The molecule has 1 aliphatic carbocycles. The quantitative estimate of drug-likeness (QED) is 0.436. The van der Waals surface area contributed by atoms with E-state index in [-0.39, 0.29) is 33.9 Å². The number of anilines is 1. The summed E-state index contributed by atoms with van der Waals surface area (Å²) in [7, 11) is -2.08. The van der Waals surface area contributed by atoms with Crippen LogP contribution < -0.4 is 15.0 Å². The summed E-state index contributed by atoms with van der Waals surface area (Å²) in [4.78, 5) is 30.3. The summed E-state index contributed by atoms with van der Waals surface area (Å²) < 4.78 is 49.9. The molecule has 0 radical (unpaired) electrons. The van der Waals surface area contributed by atoms with Gasteiger partial charge in [-0.25, -0.2) is 17.8 Å². The number of halogens is 1. The van der Waals surface area contributed by atoms with Gasteiger partial charge in [-0.3, -0.25) is 18.9 Å². The summed E-state index contributed by atoms with van der Waals surface area (Å²) >= 11 is 0. The van der Waals surface area contributed by atoms with Gasteiger partial charge in [0.1, 0.15) is 17.4 Å². The lowest BCUT2D eigenvalue weighted by molar-refractivity contribution is -0.127. The standard InChI is InChI=1S/C26H28FN5O5S/c1-17(33)31(2)12-5-13-32-16-29-23-10-8-18(14-20(23)26(32)34)37-25-21(15-28)24(11-9-22(25)27)30-38(35,36)19-6-3-4-7-19/h8-11,14,16,19,30H,3-7,12-13H2,1-2H3. The third-order valence-corrected chi connectivity index (χ3v) is 8.51. The van der Waals surface area contributed by atoms with E-state index >= 15 is 0 Å². The van der Waals surface area contributed by atoms with Crippen molar-refractivity contribution in [2.75, 3.05) is 18.3 Å². The molecule has 0 saturated heterocycles. The van der Waals surface area contributed by atoms with Crippen molar-refractivity contribution in [3.05, 3.63) is 58.4 Å². The topological polar surface area (TPSA) is 134 Å². The number of amides is 1. The molecule has 4 rings (SSSR count). The van der Waals surface area contributed by atoms with Gasteiger partial charge in [0.25, 0.3) is 5.56 Å². The van der Waals surface area contributed by atoms with Crippen LogP contribution in [0, 0.1) is 17.1 Å². The molecule has 38 heavy (non-hydrogen) atoms. The molecule has 1 heterocycles. The number of nitriles is 1. The van der Waals surface area contributed by atoms with Crippen molar-refractivity contribution in [2.24, 2.45) is 0 Å². The van der Waals surface area contributed by atoms with Crippen LogP contribution in [0.4, 0.5) is 10.1 Å². The largest absolute Gasteiger partial charge is 0.453 e. The zero-order valence-electron chi connectivity index (χ0n) is 21.1. The van der Waals surface area contributed by atoms with Crippen LogP contribution >= 0.6 is 0 Å². The number of aromatic nitrogens is 2. The van der Waals surface area contributed by atoms with E-state index in [1.807, 2.05) is 6.07 Å². The molecule has 1 saturated carbocycles. The predicted molar refractivity (Wildman–Crippen MR) is 140 cm³/mol. The fourth-order valence-corrected chi connectivity index (χ4v) is 6.00. The van der Waals surface area contributed by atoms with E-state index in [0.29, 0.717) is 37.9 Å². The fraction of sp³-hybridized carbons (Fsp3) is 0.385. The molecule has 1 N–H and O–H groups in total. The number of fused-ring (bicyclic) bond motifs is 1. The second-order valence-corrected chi connectivity index (χ2v) is 11.2. The van der Waals surface area contributed by atoms with E-state index in [9.17, 15) is 27.7 Å². The highest BCUT2D eigenvalue weighted by Gasteiger charge is 2.30. The smallest absolute Gasteiger partial charge is 0.261 e. The van der Waals surface area contributed by atoms with Gasteiger partial charge in [0, 0.05) is 27.1 Å². The minimum atomic E-state index is -3.76. The zero-order chi connectivity index (χ0) is 27.4. The van der Waals surface area contributed by atoms with Crippen LogP contribution in [0.15, 0.2) is 41.5 Å². The lowest BCUT2D eigenvalue weighted by Gasteiger charge is -2.17. The Morgan fingerprint density at radius 3 is 2.71 bits per heavy atom. The van der Waals surface area contributed by atoms with Gasteiger partial charge in [-0.05, 0) is 49.6 Å². The summed E-state index contributed by atoms with van der Waals surface area (Å²) in [6, 6.07) is 8.48. The first-order valence-corrected chi connectivity index (χ1v) is 13.8. The number of ether oxygens (including phenoxy) is 1. The van der Waals surface area contributed by atoms with E-state index in [1.54, 1.807) is 11.9 Å². The van der Waals surface area contributed by atoms with E-state index in [4.69, 9.17) is 4.74 Å². The van der Waals surface area contributed by atoms with E-state index in [0.717, 1.165) is 18.9 Å². The Morgan fingerprint density at radius 2 is 2.03 bits per heavy atom. The summed E-state index contributed by atoms with van der Waals surface area (Å²) in [6.07, 6.45) is 4.63. The van der Waals surface area contributed by atoms with Gasteiger partial charge in [-0.2, -0.15) is 5.26 Å². The van der Waals surface area contributed by atoms with Crippen LogP contribution in [0.2, 0.25) is 0 Å². The molecule has 1 aliphatic rings. The molecule has 1 aromatic heterocycles. The van der Waals surface area contributed by atoms with E-state index in [2.05, 4.69) is 9.71 Å². The van der Waals surface area contributed by atoms with Crippen LogP contribution in [0.3, 0.4) is 0 Å². The molecule has 0 aliphatic heterocycles. The SMILES string of the molecule is CC(=O)N(C)CCCn1cnc2ccc(Oc3c(F)ccc(NS(=O)(=O)C4CCCC4)c3C#N)cc2c1=O. The lowest BCUT2D eigenvalue weighted by Crippen LogP contribution is -2.27. The number of benzene rings is 2. The maximum Gasteiger partial charge on any atom is 0.261 e. The third kappa shape index (κ3) is 5.78. The molecule has 12 heteroatoms. The second-order valence-electron chi connectivity index (χ2n) is 9.28. The molecule has 1 amide bonds. The highest BCUT2D eigenvalue weighted by atomic mass is 32.2. The Balaban J connectivity index is 1.61. The van der Waals surface area contributed by atoms with Crippen molar-refractivity contribution < 1.29 is 22.3 Å². The molecule has 0 atom stereocenters. The first-order chi connectivity index (χ1) is 18.1. The number of rotatable bonds is 9. The third-order valence-electron chi connectivity index (χ3n) is 6.66. The number of hydrogen-bond donors (Lipinski definition) is 1. The summed E-state index contributed by atoms with van der Waals surface area (Å²) in [5.74, 6) is -1.30. The highest BCUT2D eigenvalue weighted by Crippen LogP contribution is 2.35. The lowest BCUT2D eigenvalue weighted by atomic mass is 10.1. The van der Waals surface area contributed by atoms with Crippen LogP contribution in [-0.2, 0) is 21.4 Å². The number of carbonyl (C=O) groups excluding carboxylic acids is 1. The van der Waals surface area contributed by atoms with Crippen molar-refractivity contribution in [2.45, 2.75) is 50.8 Å². The van der Waals surface area contributed by atoms with Gasteiger partial charge in [-0.1, -0.05) is 12.8 Å². The van der Waals surface area contributed by atoms with Crippen LogP contribution in [0.25, 0.3) is 10.9 Å². The maximum absolute atomic E-state index is 14.8.